The number of nitrogens with zero attached hydrogens (tertiary/aromatic N) is 1. The highest BCUT2D eigenvalue weighted by molar-refractivity contribution is 5.80. The van der Waals surface area contributed by atoms with Crippen LogP contribution in [-0.4, -0.2) is 36.1 Å². The third-order valence-electron chi connectivity index (χ3n) is 6.91. The molecule has 1 aliphatic carbocycles. The zero-order valence-electron chi connectivity index (χ0n) is 22.8. The quantitative estimate of drug-likeness (QED) is 0.225. The molecule has 1 saturated carbocycles. The second kappa shape index (κ2) is 14.9. The Kier molecular flexibility index (Phi) is 11.4. The molecular formula is C34H42FN3. The Labute approximate surface area is 228 Å². The van der Waals surface area contributed by atoms with Gasteiger partial charge in [-0.1, -0.05) is 80.4 Å². The van der Waals surface area contributed by atoms with E-state index < -0.39 is 0 Å². The van der Waals surface area contributed by atoms with Gasteiger partial charge in [0.15, 0.2) is 0 Å². The van der Waals surface area contributed by atoms with E-state index in [1.807, 2.05) is 42.5 Å². The maximum atomic E-state index is 12.9. The Hall–Kier alpha value is -3.63. The summed E-state index contributed by atoms with van der Waals surface area (Å²) in [5, 5.41) is 4.64. The van der Waals surface area contributed by atoms with Crippen LogP contribution in [0.4, 0.5) is 4.39 Å². The van der Waals surface area contributed by atoms with E-state index in [4.69, 9.17) is 0 Å². The Morgan fingerprint density at radius 3 is 2.42 bits per heavy atom. The molecule has 2 aromatic carbocycles. The number of para-hydroxylation sites is 1. The first-order chi connectivity index (χ1) is 18.5. The molecule has 2 aliphatic rings. The topological polar surface area (TPSA) is 31.1 Å². The van der Waals surface area contributed by atoms with Gasteiger partial charge in [-0.15, -0.1) is 6.58 Å². The predicted octanol–water partition coefficient (Wildman–Crippen LogP) is 8.08. The fourth-order valence-electron chi connectivity index (χ4n) is 4.63. The van der Waals surface area contributed by atoms with E-state index in [2.05, 4.69) is 66.8 Å². The van der Waals surface area contributed by atoms with Gasteiger partial charge in [-0.05, 0) is 79.9 Å². The fourth-order valence-corrected chi connectivity index (χ4v) is 4.63. The molecule has 4 heteroatoms. The van der Waals surface area contributed by atoms with Gasteiger partial charge in [-0.25, -0.2) is 4.39 Å². The second-order valence-corrected chi connectivity index (χ2v) is 9.87. The van der Waals surface area contributed by atoms with E-state index in [1.54, 1.807) is 12.1 Å². The molecule has 0 amide bonds. The van der Waals surface area contributed by atoms with Crippen LogP contribution in [0.15, 0.2) is 116 Å². The summed E-state index contributed by atoms with van der Waals surface area (Å²) in [5.74, 6) is 0.492. The standard InChI is InChI=1S/C14H22N2.C11H11N.C9H9F/c1-5-8-13(6-2)11-15-12(3)14-9-7-10-16(14)4;1-2-5-10-8-9-6-3-4-7-11(9)12-10;10-9-4-2-1-3-8(9)7-5-6-7/h5-6,8,14-15H,1-3,7,9-11H2,4H3;2-4,6-8,12H,1,5H2;1-4,7H,5-6H2/b13-8+;;. The molecule has 0 radical (unpaired) electrons. The summed E-state index contributed by atoms with van der Waals surface area (Å²) in [5.41, 5.74) is 5.58. The number of rotatable bonds is 9. The van der Waals surface area contributed by atoms with Crippen molar-refractivity contribution in [2.75, 3.05) is 20.1 Å². The molecule has 0 bridgehead atoms. The van der Waals surface area contributed by atoms with E-state index in [9.17, 15) is 4.39 Å². The molecular weight excluding hydrogens is 469 g/mol. The number of hydrogen-bond acceptors (Lipinski definition) is 2. The molecule has 2 fully saturated rings. The SMILES string of the molecule is C=C/C=C(\C=C)CNC(=C)C1CCCN1C.C=CCc1cc2ccccc2[nH]1.Fc1ccccc1C1CC1. The van der Waals surface area contributed by atoms with Crippen molar-refractivity contribution in [1.82, 2.24) is 15.2 Å². The minimum absolute atomic E-state index is 0.0370. The van der Waals surface area contributed by atoms with Crippen molar-refractivity contribution < 1.29 is 4.39 Å². The number of nitrogens with one attached hydrogen (secondary N) is 2. The lowest BCUT2D eigenvalue weighted by molar-refractivity contribution is 0.335. The van der Waals surface area contributed by atoms with Crippen LogP contribution in [0.3, 0.4) is 0 Å². The predicted molar refractivity (Wildman–Crippen MR) is 162 cm³/mol. The number of likely N-dealkylation sites (N-methyl/N-ethyl adjacent to an activating group) is 1. The highest BCUT2D eigenvalue weighted by Crippen LogP contribution is 2.40. The van der Waals surface area contributed by atoms with Crippen molar-refractivity contribution >= 4 is 10.9 Å². The monoisotopic (exact) mass is 511 g/mol. The van der Waals surface area contributed by atoms with Gasteiger partial charge in [0, 0.05) is 35.9 Å². The Bertz CT molecular complexity index is 1210. The highest BCUT2D eigenvalue weighted by Gasteiger charge is 2.25. The van der Waals surface area contributed by atoms with Crippen molar-refractivity contribution in [2.24, 2.45) is 0 Å². The summed E-state index contributed by atoms with van der Waals surface area (Å²) in [6.45, 7) is 17.2. The maximum Gasteiger partial charge on any atom is 0.126 e. The summed E-state index contributed by atoms with van der Waals surface area (Å²) in [4.78, 5) is 5.67. The maximum absolute atomic E-state index is 12.9. The summed E-state index contributed by atoms with van der Waals surface area (Å²) in [7, 11) is 2.15. The van der Waals surface area contributed by atoms with Crippen LogP contribution in [0, 0.1) is 5.82 Å². The third kappa shape index (κ3) is 8.74. The van der Waals surface area contributed by atoms with Gasteiger partial charge in [-0.3, -0.25) is 4.90 Å². The lowest BCUT2D eigenvalue weighted by atomic mass is 10.1. The molecule has 0 spiro atoms. The van der Waals surface area contributed by atoms with Crippen molar-refractivity contribution in [3.05, 3.63) is 134 Å². The third-order valence-corrected chi connectivity index (χ3v) is 6.91. The normalized spacial score (nSPS) is 17.0. The van der Waals surface area contributed by atoms with E-state index in [0.29, 0.717) is 12.0 Å². The Morgan fingerprint density at radius 2 is 1.82 bits per heavy atom. The number of H-pyrrole nitrogens is 1. The molecule has 2 heterocycles. The molecule has 1 unspecified atom stereocenters. The van der Waals surface area contributed by atoms with Gasteiger partial charge in [0.2, 0.25) is 0 Å². The molecule has 3 nitrogen and oxygen atoms in total. The number of fused-ring (bicyclic) bond motifs is 1. The first kappa shape index (κ1) is 28.9. The first-order valence-corrected chi connectivity index (χ1v) is 13.5. The minimum atomic E-state index is -0.0370. The summed E-state index contributed by atoms with van der Waals surface area (Å²) in [6, 6.07) is 18.0. The van der Waals surface area contributed by atoms with Crippen LogP contribution in [0.5, 0.6) is 0 Å². The van der Waals surface area contributed by atoms with E-state index in [0.717, 1.165) is 29.8 Å². The molecule has 1 aliphatic heterocycles. The van der Waals surface area contributed by atoms with Gasteiger partial charge < -0.3 is 10.3 Å². The molecule has 1 atom stereocenters. The molecule has 1 saturated heterocycles. The van der Waals surface area contributed by atoms with Crippen molar-refractivity contribution in [2.45, 2.75) is 44.1 Å². The van der Waals surface area contributed by atoms with Gasteiger partial charge in [0.1, 0.15) is 5.82 Å². The van der Waals surface area contributed by atoms with Gasteiger partial charge in [0.05, 0.1) is 0 Å². The average Bonchev–Trinajstić information content (AvgIpc) is 3.54. The molecule has 5 rings (SSSR count). The molecule has 1 aromatic heterocycles. The molecule has 200 valence electrons. The van der Waals surface area contributed by atoms with Crippen LogP contribution < -0.4 is 5.32 Å². The number of allylic oxidation sites excluding steroid dienone is 3. The van der Waals surface area contributed by atoms with Crippen LogP contribution in [0.25, 0.3) is 10.9 Å². The summed E-state index contributed by atoms with van der Waals surface area (Å²) < 4.78 is 12.9. The second-order valence-electron chi connectivity index (χ2n) is 9.87. The van der Waals surface area contributed by atoms with Gasteiger partial charge >= 0.3 is 0 Å². The summed E-state index contributed by atoms with van der Waals surface area (Å²) in [6.07, 6.45) is 13.2. The largest absolute Gasteiger partial charge is 0.383 e. The fraction of sp³-hybridized carbons (Fsp3) is 0.294. The van der Waals surface area contributed by atoms with E-state index in [-0.39, 0.29) is 5.82 Å². The minimum Gasteiger partial charge on any atom is -0.383 e. The number of hydrogen-bond donors (Lipinski definition) is 2. The molecule has 2 N–H and O–H groups in total. The zero-order chi connectivity index (χ0) is 27.3. The van der Waals surface area contributed by atoms with Crippen molar-refractivity contribution in [1.29, 1.82) is 0 Å². The van der Waals surface area contributed by atoms with E-state index >= 15 is 0 Å². The van der Waals surface area contributed by atoms with Crippen LogP contribution in [-0.2, 0) is 6.42 Å². The van der Waals surface area contributed by atoms with Crippen LogP contribution >= 0.6 is 0 Å². The van der Waals surface area contributed by atoms with E-state index in [1.165, 1.54) is 54.9 Å². The number of aromatic amines is 1. The average molecular weight is 512 g/mol. The number of aromatic nitrogens is 1. The Balaban J connectivity index is 0.000000162. The molecule has 38 heavy (non-hydrogen) atoms. The number of likely N-dealkylation sites (tertiary alicyclic amines) is 1. The van der Waals surface area contributed by atoms with Crippen molar-refractivity contribution in [3.8, 4) is 0 Å². The lowest BCUT2D eigenvalue weighted by Crippen LogP contribution is -2.33. The summed E-state index contributed by atoms with van der Waals surface area (Å²) >= 11 is 0. The first-order valence-electron chi connectivity index (χ1n) is 13.5. The zero-order valence-corrected chi connectivity index (χ0v) is 22.8. The van der Waals surface area contributed by atoms with Gasteiger partial charge in [-0.2, -0.15) is 0 Å². The Morgan fingerprint density at radius 1 is 1.08 bits per heavy atom. The van der Waals surface area contributed by atoms with Crippen molar-refractivity contribution in [3.63, 3.8) is 0 Å². The number of benzene rings is 2. The highest BCUT2D eigenvalue weighted by atomic mass is 19.1. The number of halogens is 1. The smallest absolute Gasteiger partial charge is 0.126 e. The van der Waals surface area contributed by atoms with Crippen LogP contribution in [0.2, 0.25) is 0 Å². The lowest BCUT2D eigenvalue weighted by Gasteiger charge is -2.23. The molecule has 3 aromatic rings. The van der Waals surface area contributed by atoms with Crippen LogP contribution in [0.1, 0.15) is 42.9 Å². The van der Waals surface area contributed by atoms with Gasteiger partial charge in [0.25, 0.3) is 0 Å².